The lowest BCUT2D eigenvalue weighted by Gasteiger charge is -2.27. The molecule has 0 saturated carbocycles. The number of anilines is 3. The first-order valence-corrected chi connectivity index (χ1v) is 8.79. The summed E-state index contributed by atoms with van der Waals surface area (Å²) in [5.41, 5.74) is 0.357. The Kier molecular flexibility index (Phi) is 5.93. The summed E-state index contributed by atoms with van der Waals surface area (Å²) in [6, 6.07) is 6.14. The molecule has 0 aliphatic heterocycles. The molecule has 1 aromatic carbocycles. The molecule has 0 unspecified atom stereocenters. The van der Waals surface area contributed by atoms with Crippen molar-refractivity contribution in [1.29, 1.82) is 0 Å². The highest BCUT2D eigenvalue weighted by molar-refractivity contribution is 5.88. The molecular weight excluding hydrogens is 349 g/mol. The van der Waals surface area contributed by atoms with E-state index in [0.29, 0.717) is 29.0 Å². The summed E-state index contributed by atoms with van der Waals surface area (Å²) < 4.78 is 14.2. The number of hydrogen-bond donors (Lipinski definition) is 2. The van der Waals surface area contributed by atoms with Gasteiger partial charge in [-0.25, -0.2) is 9.18 Å². The summed E-state index contributed by atoms with van der Waals surface area (Å²) in [4.78, 5) is 18.6. The highest BCUT2D eigenvalue weighted by Crippen LogP contribution is 2.36. The molecule has 2 aromatic rings. The van der Waals surface area contributed by atoms with Crippen molar-refractivity contribution in [3.8, 4) is 5.75 Å². The quantitative estimate of drug-likeness (QED) is 0.739. The number of aromatic hydroxyl groups is 1. The molecule has 0 aliphatic rings. The SMILES string of the molecule is CC[C@H](C)N(C(=O)O)c1ccc(N(C)c2cncc(C(C)(C)F)c2)c(O)c1. The van der Waals surface area contributed by atoms with Gasteiger partial charge in [0.15, 0.2) is 0 Å². The summed E-state index contributed by atoms with van der Waals surface area (Å²) in [5, 5.41) is 20.0. The highest BCUT2D eigenvalue weighted by atomic mass is 19.1. The Balaban J connectivity index is 2.39. The van der Waals surface area contributed by atoms with Crippen LogP contribution >= 0.6 is 0 Å². The minimum atomic E-state index is -1.53. The molecule has 0 bridgehead atoms. The lowest BCUT2D eigenvalue weighted by molar-refractivity contribution is 0.199. The van der Waals surface area contributed by atoms with Crippen molar-refractivity contribution >= 4 is 23.2 Å². The smallest absolute Gasteiger partial charge is 0.412 e. The van der Waals surface area contributed by atoms with Crippen LogP contribution in [-0.4, -0.2) is 34.4 Å². The standard InChI is InChI=1S/C20H26FN3O3/c1-6-13(2)24(19(26)27)15-7-8-17(18(25)10-15)23(5)16-9-14(11-22-12-16)20(3,4)21/h7-13,25H,6H2,1-5H3,(H,26,27)/t13-/m0/s1. The molecule has 2 rings (SSSR count). The van der Waals surface area contributed by atoms with E-state index in [4.69, 9.17) is 0 Å². The fourth-order valence-corrected chi connectivity index (χ4v) is 2.76. The molecule has 146 valence electrons. The summed E-state index contributed by atoms with van der Waals surface area (Å²) in [5.74, 6) is -0.0746. The van der Waals surface area contributed by atoms with Crippen LogP contribution in [-0.2, 0) is 5.67 Å². The Labute approximate surface area is 158 Å². The minimum absolute atomic E-state index is 0.0746. The fourth-order valence-electron chi connectivity index (χ4n) is 2.76. The molecule has 0 spiro atoms. The molecule has 1 atom stereocenters. The number of carboxylic acid groups (broad SMARTS) is 1. The highest BCUT2D eigenvalue weighted by Gasteiger charge is 2.23. The molecule has 1 amide bonds. The van der Waals surface area contributed by atoms with Crippen LogP contribution in [0.2, 0.25) is 0 Å². The molecule has 27 heavy (non-hydrogen) atoms. The van der Waals surface area contributed by atoms with Crippen molar-refractivity contribution < 1.29 is 19.4 Å². The summed E-state index contributed by atoms with van der Waals surface area (Å²) in [7, 11) is 1.73. The van der Waals surface area contributed by atoms with Gasteiger partial charge in [0.1, 0.15) is 11.4 Å². The van der Waals surface area contributed by atoms with Crippen LogP contribution in [0.4, 0.5) is 26.2 Å². The van der Waals surface area contributed by atoms with Crippen LogP contribution in [0.25, 0.3) is 0 Å². The maximum absolute atomic E-state index is 14.2. The molecule has 0 radical (unpaired) electrons. The fraction of sp³-hybridized carbons (Fsp3) is 0.400. The van der Waals surface area contributed by atoms with Crippen LogP contribution in [0.5, 0.6) is 5.75 Å². The van der Waals surface area contributed by atoms with Gasteiger partial charge in [-0.2, -0.15) is 0 Å². The third-order valence-electron chi connectivity index (χ3n) is 4.63. The van der Waals surface area contributed by atoms with E-state index < -0.39 is 11.8 Å². The Morgan fingerprint density at radius 3 is 2.44 bits per heavy atom. The molecule has 6 nitrogen and oxygen atoms in total. The largest absolute Gasteiger partial charge is 0.506 e. The predicted octanol–water partition coefficient (Wildman–Crippen LogP) is 5.04. The zero-order chi connectivity index (χ0) is 20.4. The third-order valence-corrected chi connectivity index (χ3v) is 4.63. The van der Waals surface area contributed by atoms with Gasteiger partial charge < -0.3 is 15.1 Å². The Hall–Kier alpha value is -2.83. The van der Waals surface area contributed by atoms with Crippen LogP contribution in [0, 0.1) is 0 Å². The van der Waals surface area contributed by atoms with Crippen LogP contribution in [0.1, 0.15) is 39.7 Å². The Bertz CT molecular complexity index is 820. The number of phenolic OH excluding ortho intramolecular Hbond substituents is 1. The lowest BCUT2D eigenvalue weighted by atomic mass is 10.0. The second-order valence-corrected chi connectivity index (χ2v) is 7.05. The Morgan fingerprint density at radius 2 is 1.93 bits per heavy atom. The average molecular weight is 375 g/mol. The number of hydrogen-bond acceptors (Lipinski definition) is 4. The number of amides is 1. The van der Waals surface area contributed by atoms with E-state index in [9.17, 15) is 19.4 Å². The van der Waals surface area contributed by atoms with Gasteiger partial charge in [-0.1, -0.05) is 6.92 Å². The number of pyridine rings is 1. The molecule has 2 N–H and O–H groups in total. The van der Waals surface area contributed by atoms with Crippen molar-refractivity contribution in [2.45, 2.75) is 45.8 Å². The van der Waals surface area contributed by atoms with Crippen LogP contribution < -0.4 is 9.80 Å². The van der Waals surface area contributed by atoms with Gasteiger partial charge in [-0.15, -0.1) is 0 Å². The van der Waals surface area contributed by atoms with Gasteiger partial charge in [-0.3, -0.25) is 9.88 Å². The van der Waals surface area contributed by atoms with Crippen molar-refractivity contribution in [1.82, 2.24) is 4.98 Å². The zero-order valence-electron chi connectivity index (χ0n) is 16.3. The zero-order valence-corrected chi connectivity index (χ0v) is 16.3. The number of benzene rings is 1. The molecule has 7 heteroatoms. The number of phenols is 1. The maximum atomic E-state index is 14.2. The number of rotatable bonds is 6. The molecule has 1 heterocycles. The second kappa shape index (κ2) is 7.82. The van der Waals surface area contributed by atoms with Crippen LogP contribution in [0.15, 0.2) is 36.7 Å². The van der Waals surface area contributed by atoms with Gasteiger partial charge in [-0.05, 0) is 45.4 Å². The third kappa shape index (κ3) is 4.48. The van der Waals surface area contributed by atoms with Gasteiger partial charge in [0.25, 0.3) is 0 Å². The molecule has 0 saturated heterocycles. The van der Waals surface area contributed by atoms with Gasteiger partial charge in [0.05, 0.1) is 23.3 Å². The summed E-state index contributed by atoms with van der Waals surface area (Å²) >= 11 is 0. The lowest BCUT2D eigenvalue weighted by Crippen LogP contribution is -2.37. The molecule has 0 aliphatic carbocycles. The summed E-state index contributed by atoms with van der Waals surface area (Å²) in [6.45, 7) is 6.61. The van der Waals surface area contributed by atoms with Gasteiger partial charge in [0, 0.05) is 30.9 Å². The van der Waals surface area contributed by atoms with Gasteiger partial charge >= 0.3 is 6.09 Å². The molecule has 1 aromatic heterocycles. The second-order valence-electron chi connectivity index (χ2n) is 7.05. The van der Waals surface area contributed by atoms with Crippen molar-refractivity contribution in [3.63, 3.8) is 0 Å². The minimum Gasteiger partial charge on any atom is -0.506 e. The number of nitrogens with zero attached hydrogens (tertiary/aromatic N) is 3. The van der Waals surface area contributed by atoms with E-state index in [-0.39, 0.29) is 11.8 Å². The van der Waals surface area contributed by atoms with E-state index in [1.807, 2.05) is 6.92 Å². The predicted molar refractivity (Wildman–Crippen MR) is 105 cm³/mol. The first-order chi connectivity index (χ1) is 12.6. The van der Waals surface area contributed by atoms with E-state index in [1.165, 1.54) is 31.0 Å². The first-order valence-electron chi connectivity index (χ1n) is 8.79. The number of aromatic nitrogens is 1. The maximum Gasteiger partial charge on any atom is 0.412 e. The van der Waals surface area contributed by atoms with E-state index in [0.717, 1.165) is 0 Å². The normalized spacial score (nSPS) is 12.5. The van der Waals surface area contributed by atoms with Gasteiger partial charge in [0.2, 0.25) is 0 Å². The Morgan fingerprint density at radius 1 is 1.26 bits per heavy atom. The topological polar surface area (TPSA) is 76.9 Å². The molecular formula is C20H26FN3O3. The van der Waals surface area contributed by atoms with Crippen molar-refractivity contribution in [2.24, 2.45) is 0 Å². The van der Waals surface area contributed by atoms with E-state index in [2.05, 4.69) is 4.98 Å². The van der Waals surface area contributed by atoms with Crippen LogP contribution in [0.3, 0.4) is 0 Å². The number of alkyl halides is 1. The first kappa shape index (κ1) is 20.5. The van der Waals surface area contributed by atoms with Crippen molar-refractivity contribution in [3.05, 3.63) is 42.2 Å². The average Bonchev–Trinajstić information content (AvgIpc) is 2.60. The van der Waals surface area contributed by atoms with E-state index >= 15 is 0 Å². The number of carbonyl (C=O) groups is 1. The van der Waals surface area contributed by atoms with E-state index in [1.54, 1.807) is 43.3 Å². The monoisotopic (exact) mass is 375 g/mol. The number of halogens is 1. The summed E-state index contributed by atoms with van der Waals surface area (Å²) in [6.07, 6.45) is 2.61. The van der Waals surface area contributed by atoms with Crippen molar-refractivity contribution in [2.75, 3.05) is 16.8 Å². The molecule has 0 fully saturated rings.